The van der Waals surface area contributed by atoms with Crippen LogP contribution in [0.4, 0.5) is 0 Å². The lowest BCUT2D eigenvalue weighted by molar-refractivity contribution is -0.857. The molecule has 0 aliphatic heterocycles. The maximum Gasteiger partial charge on any atom is 0.253 e. The van der Waals surface area contributed by atoms with E-state index in [1.54, 1.807) is 6.26 Å². The lowest BCUT2D eigenvalue weighted by atomic mass is 10.1. The maximum atomic E-state index is 12.7. The number of benzene rings is 1. The van der Waals surface area contributed by atoms with Crippen molar-refractivity contribution in [2.75, 3.05) is 27.2 Å². The highest BCUT2D eigenvalue weighted by molar-refractivity contribution is 7.80. The van der Waals surface area contributed by atoms with E-state index < -0.39 is 0 Å². The number of quaternary nitrogens is 1. The minimum atomic E-state index is -0.0714. The Balaban J connectivity index is 1.80. The largest absolute Gasteiger partial charge is 0.467 e. The molecule has 0 aliphatic rings. The van der Waals surface area contributed by atoms with Gasteiger partial charge < -0.3 is 24.5 Å². The van der Waals surface area contributed by atoms with Crippen LogP contribution in [-0.2, 0) is 13.1 Å². The number of H-pyrrole nitrogens is 1. The van der Waals surface area contributed by atoms with E-state index in [-0.39, 0.29) is 5.56 Å². The van der Waals surface area contributed by atoms with Crippen molar-refractivity contribution in [1.29, 1.82) is 0 Å². The summed E-state index contributed by atoms with van der Waals surface area (Å²) >= 11 is 5.61. The third kappa shape index (κ3) is 4.99. The van der Waals surface area contributed by atoms with Crippen molar-refractivity contribution >= 4 is 28.2 Å². The Morgan fingerprint density at radius 3 is 2.82 bits per heavy atom. The molecule has 6 nitrogen and oxygen atoms in total. The van der Waals surface area contributed by atoms with Crippen LogP contribution in [0.1, 0.15) is 16.9 Å². The normalized spacial score (nSPS) is 11.1. The Hall–Kier alpha value is -2.64. The number of nitrogens with zero attached hydrogens (tertiary/aromatic N) is 1. The van der Waals surface area contributed by atoms with Crippen molar-refractivity contribution in [3.63, 3.8) is 0 Å². The van der Waals surface area contributed by atoms with Crippen LogP contribution >= 0.6 is 12.2 Å². The number of rotatable bonds is 7. The Labute approximate surface area is 170 Å². The molecule has 0 fully saturated rings. The number of para-hydroxylation sites is 1. The smallest absolute Gasteiger partial charge is 0.253 e. The van der Waals surface area contributed by atoms with Crippen molar-refractivity contribution in [1.82, 2.24) is 15.2 Å². The Bertz CT molecular complexity index is 995. The Morgan fingerprint density at radius 2 is 2.11 bits per heavy atom. The lowest BCUT2D eigenvalue weighted by Gasteiger charge is -2.26. The molecule has 3 N–H and O–H groups in total. The molecule has 0 unspecified atom stereocenters. The number of pyridine rings is 1. The highest BCUT2D eigenvalue weighted by Gasteiger charge is 2.15. The van der Waals surface area contributed by atoms with Crippen LogP contribution < -0.4 is 15.8 Å². The van der Waals surface area contributed by atoms with E-state index >= 15 is 0 Å². The minimum Gasteiger partial charge on any atom is -0.467 e. The summed E-state index contributed by atoms with van der Waals surface area (Å²) in [6, 6.07) is 11.7. The van der Waals surface area contributed by atoms with E-state index in [2.05, 4.69) is 24.4 Å². The van der Waals surface area contributed by atoms with Gasteiger partial charge >= 0.3 is 0 Å². The van der Waals surface area contributed by atoms with Gasteiger partial charge in [0, 0.05) is 5.56 Å². The van der Waals surface area contributed by atoms with E-state index in [1.807, 2.05) is 48.2 Å². The van der Waals surface area contributed by atoms with E-state index in [0.717, 1.165) is 35.3 Å². The first-order chi connectivity index (χ1) is 13.4. The lowest BCUT2D eigenvalue weighted by Crippen LogP contribution is -3.06. The molecule has 148 valence electrons. The summed E-state index contributed by atoms with van der Waals surface area (Å²) in [5.41, 5.74) is 2.58. The van der Waals surface area contributed by atoms with Crippen molar-refractivity contribution < 1.29 is 9.32 Å². The number of aryl methyl sites for hydroxylation is 1. The number of fused-ring (bicyclic) bond motifs is 1. The van der Waals surface area contributed by atoms with Crippen LogP contribution in [0.2, 0.25) is 0 Å². The summed E-state index contributed by atoms with van der Waals surface area (Å²) in [5.74, 6) is 0.819. The molecule has 0 amide bonds. The summed E-state index contributed by atoms with van der Waals surface area (Å²) < 4.78 is 5.36. The fourth-order valence-electron chi connectivity index (χ4n) is 3.05. The molecule has 0 atom stereocenters. The molecule has 0 saturated heterocycles. The monoisotopic (exact) mass is 399 g/mol. The molecule has 3 rings (SSSR count). The van der Waals surface area contributed by atoms with Crippen LogP contribution in [0.3, 0.4) is 0 Å². The summed E-state index contributed by atoms with van der Waals surface area (Å²) in [7, 11) is 4.20. The van der Waals surface area contributed by atoms with Gasteiger partial charge in [0.25, 0.3) is 5.56 Å². The van der Waals surface area contributed by atoms with Gasteiger partial charge in [-0.15, -0.1) is 0 Å². The van der Waals surface area contributed by atoms with Crippen molar-refractivity contribution in [3.8, 4) is 0 Å². The summed E-state index contributed by atoms with van der Waals surface area (Å²) in [4.78, 5) is 19.0. The molecule has 3 aromatic rings. The predicted molar refractivity (Wildman–Crippen MR) is 116 cm³/mol. The number of likely N-dealkylation sites (N-methyl/N-ethyl adjacent to an activating group) is 1. The molecule has 0 spiro atoms. The number of nitrogens with one attached hydrogen (secondary N) is 3. The van der Waals surface area contributed by atoms with Gasteiger partial charge in [0.15, 0.2) is 5.11 Å². The zero-order valence-corrected chi connectivity index (χ0v) is 17.4. The first-order valence-electron chi connectivity index (χ1n) is 9.40. The molecule has 2 aromatic heterocycles. The van der Waals surface area contributed by atoms with Gasteiger partial charge in [0.05, 0.1) is 52.1 Å². The fraction of sp³-hybridized carbons (Fsp3) is 0.333. The van der Waals surface area contributed by atoms with Crippen LogP contribution in [0.25, 0.3) is 10.9 Å². The average molecular weight is 400 g/mol. The number of aromatic amines is 1. The van der Waals surface area contributed by atoms with Crippen LogP contribution in [0, 0.1) is 6.92 Å². The predicted octanol–water partition coefficient (Wildman–Crippen LogP) is 1.45. The zero-order chi connectivity index (χ0) is 20.1. The number of hydrogen-bond donors (Lipinski definition) is 3. The van der Waals surface area contributed by atoms with Gasteiger partial charge in [-0.1, -0.05) is 18.2 Å². The Morgan fingerprint density at radius 1 is 1.29 bits per heavy atom. The van der Waals surface area contributed by atoms with E-state index in [4.69, 9.17) is 16.6 Å². The molecule has 28 heavy (non-hydrogen) atoms. The van der Waals surface area contributed by atoms with Gasteiger partial charge in [-0.05, 0) is 48.3 Å². The highest BCUT2D eigenvalue weighted by atomic mass is 32.1. The molecular weight excluding hydrogens is 372 g/mol. The van der Waals surface area contributed by atoms with Gasteiger partial charge in [-0.3, -0.25) is 4.79 Å². The zero-order valence-electron chi connectivity index (χ0n) is 16.5. The van der Waals surface area contributed by atoms with Crippen molar-refractivity contribution in [2.24, 2.45) is 0 Å². The molecular formula is C21H27N4O2S+. The van der Waals surface area contributed by atoms with E-state index in [0.29, 0.717) is 23.8 Å². The van der Waals surface area contributed by atoms with Crippen molar-refractivity contribution in [2.45, 2.75) is 20.0 Å². The van der Waals surface area contributed by atoms with Crippen LogP contribution in [-0.4, -0.2) is 42.2 Å². The molecule has 0 aliphatic carbocycles. The van der Waals surface area contributed by atoms with Gasteiger partial charge in [-0.25, -0.2) is 0 Å². The Kier molecular flexibility index (Phi) is 6.49. The fourth-order valence-corrected chi connectivity index (χ4v) is 3.28. The SMILES string of the molecule is Cc1cccc2cc(CN(CC[NH+](C)C)C(=S)NCc3ccco3)c(=O)[nH]c12. The molecule has 0 bridgehead atoms. The second-order valence-corrected chi connectivity index (χ2v) is 7.67. The van der Waals surface area contributed by atoms with E-state index in [1.165, 1.54) is 4.90 Å². The molecule has 2 heterocycles. The molecule has 0 saturated carbocycles. The topological polar surface area (TPSA) is 65.7 Å². The second kappa shape index (κ2) is 9.03. The van der Waals surface area contributed by atoms with E-state index in [9.17, 15) is 4.79 Å². The summed E-state index contributed by atoms with van der Waals surface area (Å²) in [6.45, 7) is 4.63. The highest BCUT2D eigenvalue weighted by Crippen LogP contribution is 2.15. The van der Waals surface area contributed by atoms with Crippen LogP contribution in [0.5, 0.6) is 0 Å². The number of furan rings is 1. The first kappa shape index (κ1) is 20.1. The van der Waals surface area contributed by atoms with Gasteiger partial charge in [0.2, 0.25) is 0 Å². The first-order valence-corrected chi connectivity index (χ1v) is 9.80. The van der Waals surface area contributed by atoms with Crippen molar-refractivity contribution in [3.05, 3.63) is 69.9 Å². The number of thiocarbonyl (C=S) groups is 1. The van der Waals surface area contributed by atoms with Crippen LogP contribution in [0.15, 0.2) is 51.9 Å². The number of aromatic nitrogens is 1. The molecule has 0 radical (unpaired) electrons. The quantitative estimate of drug-likeness (QED) is 0.525. The standard InChI is InChI=1S/C21H26N4O2S/c1-15-6-4-7-16-12-17(20(26)23-19(15)16)14-25(10-9-24(2)3)21(28)22-13-18-8-5-11-27-18/h4-8,11-12H,9-10,13-14H2,1-3H3,(H,22,28)(H,23,26)/p+1. The van der Waals surface area contributed by atoms with Gasteiger partial charge in [0.1, 0.15) is 5.76 Å². The van der Waals surface area contributed by atoms with Gasteiger partial charge in [-0.2, -0.15) is 0 Å². The summed E-state index contributed by atoms with van der Waals surface area (Å²) in [6.07, 6.45) is 1.64. The summed E-state index contributed by atoms with van der Waals surface area (Å²) in [5, 5.41) is 4.88. The second-order valence-electron chi connectivity index (χ2n) is 7.28. The molecule has 7 heteroatoms. The maximum absolute atomic E-state index is 12.7. The average Bonchev–Trinajstić information content (AvgIpc) is 3.18. The molecule has 1 aromatic carbocycles. The third-order valence-corrected chi connectivity index (χ3v) is 5.09. The number of hydrogen-bond acceptors (Lipinski definition) is 3. The minimum absolute atomic E-state index is 0.0714. The third-order valence-electron chi connectivity index (χ3n) is 4.69.